The monoisotopic (exact) mass is 479 g/mol. The number of non-ortho nitro benzene ring substituents is 1. The van der Waals surface area contributed by atoms with Gasteiger partial charge < -0.3 is 9.30 Å². The van der Waals surface area contributed by atoms with Gasteiger partial charge in [-0.1, -0.05) is 22.9 Å². The average Bonchev–Trinajstić information content (AvgIpc) is 3.09. The third-order valence-corrected chi connectivity index (χ3v) is 6.79. The summed E-state index contributed by atoms with van der Waals surface area (Å²) < 4.78 is 8.10. The fraction of sp³-hybridized carbons (Fsp3) is 0.333. The molecule has 0 N–H and O–H groups in total. The number of nitrogens with zero attached hydrogens (tertiary/aromatic N) is 3. The second-order valence-corrected chi connectivity index (χ2v) is 9.17. The van der Waals surface area contributed by atoms with Gasteiger partial charge in [-0.25, -0.2) is 0 Å². The minimum atomic E-state index is -0.426. The van der Waals surface area contributed by atoms with E-state index in [2.05, 4.69) is 4.99 Å². The van der Waals surface area contributed by atoms with E-state index in [1.54, 1.807) is 17.8 Å². The van der Waals surface area contributed by atoms with Crippen molar-refractivity contribution in [3.63, 3.8) is 0 Å². The standard InChI is InChI=1S/C21H22ClN3O4S2/c1-2-29-12-11-24-18-14-16(25(27)28)7-10-19(18)31-21(24)23-20(26)4-3-13-30-17-8-5-15(22)6-9-17/h5-10,14H,2-4,11-13H2,1H3. The van der Waals surface area contributed by atoms with Gasteiger partial charge in [0.2, 0.25) is 5.91 Å². The molecule has 1 heterocycles. The van der Waals surface area contributed by atoms with Crippen LogP contribution in [0, 0.1) is 10.1 Å². The molecule has 0 saturated carbocycles. The summed E-state index contributed by atoms with van der Waals surface area (Å²) in [6.45, 7) is 3.37. The molecule has 0 fully saturated rings. The Morgan fingerprint density at radius 3 is 2.77 bits per heavy atom. The first kappa shape index (κ1) is 23.5. The second kappa shape index (κ2) is 11.4. The third-order valence-electron chi connectivity index (χ3n) is 4.38. The normalized spacial score (nSPS) is 11.9. The van der Waals surface area contributed by atoms with E-state index in [4.69, 9.17) is 16.3 Å². The minimum Gasteiger partial charge on any atom is -0.380 e. The first-order valence-electron chi connectivity index (χ1n) is 9.79. The number of nitro benzene ring substituents is 1. The summed E-state index contributed by atoms with van der Waals surface area (Å²) in [7, 11) is 0. The number of thiazole rings is 1. The Morgan fingerprint density at radius 1 is 1.29 bits per heavy atom. The number of fused-ring (bicyclic) bond motifs is 1. The molecular formula is C21H22ClN3O4S2. The van der Waals surface area contributed by atoms with Crippen LogP contribution in [0.5, 0.6) is 0 Å². The van der Waals surface area contributed by atoms with Gasteiger partial charge in [0.1, 0.15) is 0 Å². The van der Waals surface area contributed by atoms with Crippen LogP contribution >= 0.6 is 34.7 Å². The third kappa shape index (κ3) is 6.64. The number of halogens is 1. The summed E-state index contributed by atoms with van der Waals surface area (Å²) in [6.07, 6.45) is 1.03. The summed E-state index contributed by atoms with van der Waals surface area (Å²) >= 11 is 8.90. The fourth-order valence-electron chi connectivity index (χ4n) is 2.88. The van der Waals surface area contributed by atoms with Gasteiger partial charge in [-0.15, -0.1) is 11.8 Å². The molecule has 1 amide bonds. The van der Waals surface area contributed by atoms with Gasteiger partial charge in [-0.2, -0.15) is 4.99 Å². The maximum absolute atomic E-state index is 12.5. The van der Waals surface area contributed by atoms with E-state index in [9.17, 15) is 14.9 Å². The van der Waals surface area contributed by atoms with Crippen LogP contribution < -0.4 is 4.80 Å². The van der Waals surface area contributed by atoms with E-state index < -0.39 is 4.92 Å². The highest BCUT2D eigenvalue weighted by Gasteiger charge is 2.13. The van der Waals surface area contributed by atoms with Crippen LogP contribution in [0.15, 0.2) is 52.4 Å². The molecule has 0 aliphatic rings. The van der Waals surface area contributed by atoms with Crippen LogP contribution in [0.25, 0.3) is 10.2 Å². The van der Waals surface area contributed by atoms with Gasteiger partial charge in [-0.05, 0) is 49.4 Å². The molecule has 164 valence electrons. The first-order chi connectivity index (χ1) is 15.0. The topological polar surface area (TPSA) is 86.7 Å². The number of amides is 1. The molecule has 0 atom stereocenters. The molecule has 0 aliphatic carbocycles. The smallest absolute Gasteiger partial charge is 0.271 e. The Kier molecular flexibility index (Phi) is 8.65. The van der Waals surface area contributed by atoms with Crippen molar-refractivity contribution in [2.24, 2.45) is 4.99 Å². The van der Waals surface area contributed by atoms with E-state index in [0.29, 0.717) is 47.9 Å². The van der Waals surface area contributed by atoms with Crippen molar-refractivity contribution in [3.8, 4) is 0 Å². The van der Waals surface area contributed by atoms with Gasteiger partial charge >= 0.3 is 0 Å². The Labute approximate surface area is 192 Å². The molecular weight excluding hydrogens is 458 g/mol. The Bertz CT molecular complexity index is 1130. The van der Waals surface area contributed by atoms with E-state index in [1.165, 1.54) is 23.5 Å². The van der Waals surface area contributed by atoms with Crippen molar-refractivity contribution in [2.75, 3.05) is 19.0 Å². The number of ether oxygens (including phenoxy) is 1. The minimum absolute atomic E-state index is 0.00700. The molecule has 2 aromatic carbocycles. The molecule has 7 nitrogen and oxygen atoms in total. The molecule has 3 rings (SSSR count). The van der Waals surface area contributed by atoms with Crippen molar-refractivity contribution in [1.29, 1.82) is 0 Å². The van der Waals surface area contributed by atoms with Gasteiger partial charge in [0.25, 0.3) is 5.69 Å². The predicted molar refractivity (Wildman–Crippen MR) is 125 cm³/mol. The van der Waals surface area contributed by atoms with E-state index in [1.807, 2.05) is 35.8 Å². The summed E-state index contributed by atoms with van der Waals surface area (Å²) in [6, 6.07) is 12.3. The Balaban J connectivity index is 1.72. The number of rotatable bonds is 10. The molecule has 0 unspecified atom stereocenters. The number of thioether (sulfide) groups is 1. The second-order valence-electron chi connectivity index (χ2n) is 6.55. The lowest BCUT2D eigenvalue weighted by Gasteiger charge is -2.05. The maximum atomic E-state index is 12.5. The van der Waals surface area contributed by atoms with E-state index in [-0.39, 0.29) is 11.6 Å². The summed E-state index contributed by atoms with van der Waals surface area (Å²) in [5, 5.41) is 11.9. The van der Waals surface area contributed by atoms with E-state index in [0.717, 1.165) is 15.3 Å². The van der Waals surface area contributed by atoms with Crippen LogP contribution in [-0.2, 0) is 16.1 Å². The lowest BCUT2D eigenvalue weighted by molar-refractivity contribution is -0.384. The van der Waals surface area contributed by atoms with Gasteiger partial charge in [-0.3, -0.25) is 14.9 Å². The molecule has 0 saturated heterocycles. The molecule has 0 spiro atoms. The van der Waals surface area contributed by atoms with Gasteiger partial charge in [0, 0.05) is 41.6 Å². The molecule has 0 radical (unpaired) electrons. The number of carbonyl (C=O) groups excluding carboxylic acids is 1. The fourth-order valence-corrected chi connectivity index (χ4v) is 4.91. The van der Waals surface area contributed by atoms with Crippen molar-refractivity contribution in [1.82, 2.24) is 4.57 Å². The van der Waals surface area contributed by atoms with Crippen LogP contribution in [0.1, 0.15) is 19.8 Å². The Hall–Kier alpha value is -2.20. The molecule has 0 bridgehead atoms. The maximum Gasteiger partial charge on any atom is 0.271 e. The molecule has 1 aromatic heterocycles. The van der Waals surface area contributed by atoms with Crippen LogP contribution in [-0.4, -0.2) is 34.4 Å². The number of hydrogen-bond donors (Lipinski definition) is 0. The quantitative estimate of drug-likeness (QED) is 0.170. The van der Waals surface area contributed by atoms with Crippen LogP contribution in [0.2, 0.25) is 5.02 Å². The van der Waals surface area contributed by atoms with Gasteiger partial charge in [0.05, 0.1) is 21.7 Å². The largest absolute Gasteiger partial charge is 0.380 e. The molecule has 0 aliphatic heterocycles. The summed E-state index contributed by atoms with van der Waals surface area (Å²) in [5.74, 6) is 0.592. The van der Waals surface area contributed by atoms with Crippen molar-refractivity contribution >= 4 is 56.5 Å². The lowest BCUT2D eigenvalue weighted by atomic mass is 10.3. The van der Waals surface area contributed by atoms with Crippen molar-refractivity contribution < 1.29 is 14.5 Å². The molecule has 3 aromatic rings. The first-order valence-corrected chi connectivity index (χ1v) is 12.0. The number of aromatic nitrogens is 1. The van der Waals surface area contributed by atoms with Crippen molar-refractivity contribution in [2.45, 2.75) is 31.2 Å². The van der Waals surface area contributed by atoms with Gasteiger partial charge in [0.15, 0.2) is 4.80 Å². The number of benzene rings is 2. The summed E-state index contributed by atoms with van der Waals surface area (Å²) in [4.78, 5) is 29.1. The number of hydrogen-bond acceptors (Lipinski definition) is 6. The highest BCUT2D eigenvalue weighted by molar-refractivity contribution is 7.99. The van der Waals surface area contributed by atoms with E-state index >= 15 is 0 Å². The number of nitro groups is 1. The summed E-state index contributed by atoms with van der Waals surface area (Å²) in [5.41, 5.74) is 0.691. The highest BCUT2D eigenvalue weighted by Crippen LogP contribution is 2.24. The zero-order valence-corrected chi connectivity index (χ0v) is 19.3. The predicted octanol–water partition coefficient (Wildman–Crippen LogP) is 5.30. The molecule has 10 heteroatoms. The van der Waals surface area contributed by atoms with Crippen LogP contribution in [0.4, 0.5) is 5.69 Å². The zero-order chi connectivity index (χ0) is 22.2. The SMILES string of the molecule is CCOCCn1c(=NC(=O)CCCSc2ccc(Cl)cc2)sc2ccc([N+](=O)[O-])cc21. The zero-order valence-electron chi connectivity index (χ0n) is 17.0. The van der Waals surface area contributed by atoms with Crippen molar-refractivity contribution in [3.05, 3.63) is 62.4 Å². The Morgan fingerprint density at radius 2 is 2.06 bits per heavy atom. The number of carbonyl (C=O) groups is 1. The lowest BCUT2D eigenvalue weighted by Crippen LogP contribution is -2.19. The van der Waals surface area contributed by atoms with Crippen LogP contribution in [0.3, 0.4) is 0 Å². The molecule has 31 heavy (non-hydrogen) atoms. The highest BCUT2D eigenvalue weighted by atomic mass is 35.5. The average molecular weight is 480 g/mol.